The normalized spacial score (nSPS) is 13.3. The molecule has 55 heavy (non-hydrogen) atoms. The average Bonchev–Trinajstić information content (AvgIpc) is 3.19. The van der Waals surface area contributed by atoms with E-state index in [9.17, 15) is 20.1 Å². The molecule has 0 aliphatic rings. The number of nitrogens with one attached hydrogen (secondary N) is 1. The first-order chi connectivity index (χ1) is 27.1. The number of aliphatic hydroxyl groups excluding tert-OH is 3. The summed E-state index contributed by atoms with van der Waals surface area (Å²) in [7, 11) is 0. The Hall–Kier alpha value is -0.650. The maximum Gasteiger partial charge on any atom is 0.220 e. The summed E-state index contributed by atoms with van der Waals surface area (Å²) in [6.07, 6.45) is 53.7. The fourth-order valence-corrected chi connectivity index (χ4v) is 8.28. The van der Waals surface area contributed by atoms with Gasteiger partial charge in [-0.25, -0.2) is 0 Å². The summed E-state index contributed by atoms with van der Waals surface area (Å²) in [6.45, 7) is 4.22. The minimum Gasteiger partial charge on any atom is -0.394 e. The molecule has 0 spiro atoms. The van der Waals surface area contributed by atoms with Crippen LogP contribution >= 0.6 is 0 Å². The van der Waals surface area contributed by atoms with E-state index in [-0.39, 0.29) is 12.5 Å². The van der Waals surface area contributed by atoms with Crippen molar-refractivity contribution >= 4 is 5.91 Å². The van der Waals surface area contributed by atoms with Crippen LogP contribution in [0, 0.1) is 0 Å². The molecule has 3 unspecified atom stereocenters. The van der Waals surface area contributed by atoms with E-state index in [1.54, 1.807) is 0 Å². The molecule has 0 aliphatic heterocycles. The van der Waals surface area contributed by atoms with Crippen molar-refractivity contribution < 1.29 is 20.1 Å². The lowest BCUT2D eigenvalue weighted by atomic mass is 9.99. The van der Waals surface area contributed by atoms with E-state index in [2.05, 4.69) is 19.2 Å². The summed E-state index contributed by atoms with van der Waals surface area (Å²) in [6, 6.07) is -0.803. The fraction of sp³-hybridized carbons (Fsp3) is 0.980. The van der Waals surface area contributed by atoms with Gasteiger partial charge < -0.3 is 20.6 Å². The number of amides is 1. The number of hydrogen-bond donors (Lipinski definition) is 4. The Morgan fingerprint density at radius 1 is 0.382 bits per heavy atom. The van der Waals surface area contributed by atoms with Crippen molar-refractivity contribution in [3.05, 3.63) is 0 Å². The van der Waals surface area contributed by atoms with Crippen molar-refractivity contribution in [3.63, 3.8) is 0 Å². The van der Waals surface area contributed by atoms with Crippen LogP contribution in [-0.4, -0.2) is 46.1 Å². The number of aliphatic hydroxyl groups is 3. The average molecular weight is 780 g/mol. The zero-order chi connectivity index (χ0) is 40.1. The second kappa shape index (κ2) is 46.0. The molecule has 0 aromatic rings. The van der Waals surface area contributed by atoms with Gasteiger partial charge in [0.2, 0.25) is 5.91 Å². The lowest BCUT2D eigenvalue weighted by Gasteiger charge is -2.26. The zero-order valence-electron chi connectivity index (χ0n) is 37.6. The van der Waals surface area contributed by atoms with Crippen molar-refractivity contribution in [2.24, 2.45) is 0 Å². The van der Waals surface area contributed by atoms with Gasteiger partial charge in [-0.3, -0.25) is 4.79 Å². The van der Waals surface area contributed by atoms with E-state index < -0.39 is 18.2 Å². The standard InChI is InChI=1S/C50H101NO4/c1-3-5-7-9-11-13-15-17-19-21-23-24-25-26-27-28-30-32-34-36-38-40-42-44-48(53)50(55)47(46-52)51-49(54)45-43-41-39-37-35-33-31-29-22-20-18-16-14-12-10-8-6-4-2/h47-48,50,52-53,55H,3-46H2,1-2H3,(H,51,54). The predicted octanol–water partition coefficient (Wildman–Crippen LogP) is 15.0. The van der Waals surface area contributed by atoms with E-state index in [4.69, 9.17) is 0 Å². The Morgan fingerprint density at radius 2 is 0.618 bits per heavy atom. The van der Waals surface area contributed by atoms with Gasteiger partial charge in [0.15, 0.2) is 0 Å². The summed E-state index contributed by atoms with van der Waals surface area (Å²) in [4.78, 5) is 12.5. The first-order valence-corrected chi connectivity index (χ1v) is 25.3. The fourth-order valence-electron chi connectivity index (χ4n) is 8.28. The van der Waals surface area contributed by atoms with E-state index >= 15 is 0 Å². The Balaban J connectivity index is 3.53. The highest BCUT2D eigenvalue weighted by molar-refractivity contribution is 5.76. The molecular formula is C50H101NO4. The van der Waals surface area contributed by atoms with E-state index in [1.165, 1.54) is 231 Å². The molecule has 0 bridgehead atoms. The van der Waals surface area contributed by atoms with Gasteiger partial charge in [-0.15, -0.1) is 0 Å². The second-order valence-corrected chi connectivity index (χ2v) is 17.7. The second-order valence-electron chi connectivity index (χ2n) is 17.7. The molecule has 0 aromatic heterocycles. The van der Waals surface area contributed by atoms with E-state index in [0.29, 0.717) is 12.8 Å². The van der Waals surface area contributed by atoms with Gasteiger partial charge in [0.1, 0.15) is 6.10 Å². The smallest absolute Gasteiger partial charge is 0.220 e. The van der Waals surface area contributed by atoms with Crippen LogP contribution in [0.5, 0.6) is 0 Å². The molecule has 4 N–H and O–H groups in total. The van der Waals surface area contributed by atoms with Crippen LogP contribution in [0.2, 0.25) is 0 Å². The van der Waals surface area contributed by atoms with Gasteiger partial charge in [0.25, 0.3) is 0 Å². The van der Waals surface area contributed by atoms with Crippen LogP contribution < -0.4 is 5.32 Å². The molecule has 0 fully saturated rings. The van der Waals surface area contributed by atoms with Crippen molar-refractivity contribution in [1.29, 1.82) is 0 Å². The maximum atomic E-state index is 12.5. The van der Waals surface area contributed by atoms with Crippen molar-refractivity contribution in [2.75, 3.05) is 6.61 Å². The molecule has 0 heterocycles. The highest BCUT2D eigenvalue weighted by atomic mass is 16.3. The molecule has 5 heteroatoms. The number of hydrogen-bond acceptors (Lipinski definition) is 4. The molecule has 0 aromatic carbocycles. The van der Waals surface area contributed by atoms with Crippen LogP contribution in [0.3, 0.4) is 0 Å². The third-order valence-corrected chi connectivity index (χ3v) is 12.2. The number of carbonyl (C=O) groups is 1. The molecule has 1 amide bonds. The quantitative estimate of drug-likeness (QED) is 0.0463. The van der Waals surface area contributed by atoms with Gasteiger partial charge in [0, 0.05) is 6.42 Å². The highest BCUT2D eigenvalue weighted by Crippen LogP contribution is 2.18. The van der Waals surface area contributed by atoms with Gasteiger partial charge in [-0.05, 0) is 12.8 Å². The Bertz CT molecular complexity index is 733. The van der Waals surface area contributed by atoms with Gasteiger partial charge in [-0.1, -0.05) is 271 Å². The van der Waals surface area contributed by atoms with E-state index in [1.807, 2.05) is 0 Å². The summed E-state index contributed by atoms with van der Waals surface area (Å²) in [5.41, 5.74) is 0. The first kappa shape index (κ1) is 54.3. The molecule has 3 atom stereocenters. The molecule has 0 saturated carbocycles. The van der Waals surface area contributed by atoms with Crippen LogP contribution in [-0.2, 0) is 4.79 Å². The SMILES string of the molecule is CCCCCCCCCCCCCCCCCCCCCCCCCC(O)C(O)C(CO)NC(=O)CCCCCCCCCCCCCCCCCCCC. The molecule has 330 valence electrons. The van der Waals surface area contributed by atoms with Gasteiger partial charge >= 0.3 is 0 Å². The maximum absolute atomic E-state index is 12.5. The van der Waals surface area contributed by atoms with Crippen molar-refractivity contribution in [2.45, 2.75) is 308 Å². The zero-order valence-corrected chi connectivity index (χ0v) is 37.6. The molecule has 0 rings (SSSR count). The Morgan fingerprint density at radius 3 is 0.873 bits per heavy atom. The first-order valence-electron chi connectivity index (χ1n) is 25.3. The third-order valence-electron chi connectivity index (χ3n) is 12.2. The van der Waals surface area contributed by atoms with Crippen LogP contribution in [0.25, 0.3) is 0 Å². The van der Waals surface area contributed by atoms with Crippen LogP contribution in [0.4, 0.5) is 0 Å². The molecular weight excluding hydrogens is 679 g/mol. The van der Waals surface area contributed by atoms with Gasteiger partial charge in [-0.2, -0.15) is 0 Å². The largest absolute Gasteiger partial charge is 0.394 e. The van der Waals surface area contributed by atoms with Crippen LogP contribution in [0.15, 0.2) is 0 Å². The van der Waals surface area contributed by atoms with Crippen LogP contribution in [0.1, 0.15) is 290 Å². The minimum atomic E-state index is -1.13. The summed E-state index contributed by atoms with van der Waals surface area (Å²) >= 11 is 0. The molecule has 0 radical (unpaired) electrons. The van der Waals surface area contributed by atoms with Crippen molar-refractivity contribution in [3.8, 4) is 0 Å². The predicted molar refractivity (Wildman–Crippen MR) is 241 cm³/mol. The topological polar surface area (TPSA) is 89.8 Å². The Kier molecular flexibility index (Phi) is 45.5. The lowest BCUT2D eigenvalue weighted by molar-refractivity contribution is -0.124. The summed E-state index contributed by atoms with van der Waals surface area (Å²) < 4.78 is 0. The third kappa shape index (κ3) is 41.3. The number of unbranched alkanes of at least 4 members (excludes halogenated alkanes) is 39. The minimum absolute atomic E-state index is 0.138. The molecule has 5 nitrogen and oxygen atoms in total. The molecule has 0 aliphatic carbocycles. The summed E-state index contributed by atoms with van der Waals surface area (Å²) in [5.74, 6) is -0.138. The summed E-state index contributed by atoms with van der Waals surface area (Å²) in [5, 5.41) is 33.7. The van der Waals surface area contributed by atoms with Gasteiger partial charge in [0.05, 0.1) is 18.8 Å². The number of carbonyl (C=O) groups excluding carboxylic acids is 1. The number of rotatable bonds is 47. The Labute approximate surface area is 345 Å². The van der Waals surface area contributed by atoms with E-state index in [0.717, 1.165) is 32.1 Å². The molecule has 0 saturated heterocycles. The lowest BCUT2D eigenvalue weighted by Crippen LogP contribution is -2.50. The highest BCUT2D eigenvalue weighted by Gasteiger charge is 2.26. The van der Waals surface area contributed by atoms with Crippen molar-refractivity contribution in [1.82, 2.24) is 5.32 Å². The monoisotopic (exact) mass is 780 g/mol.